The lowest BCUT2D eigenvalue weighted by Crippen LogP contribution is -2.47. The molecule has 1 aromatic carbocycles. The highest BCUT2D eigenvalue weighted by atomic mass is 79.9. The van der Waals surface area contributed by atoms with E-state index in [2.05, 4.69) is 40.1 Å². The molecule has 1 heterocycles. The van der Waals surface area contributed by atoms with Crippen LogP contribution in [0.1, 0.15) is 32.8 Å². The number of benzene rings is 1. The standard InChI is InChI=1S/C20H27BrN2O4/c1-12(2)7-8-27-13(3)19(24)23-18(20(25)26-4)9-14-11-22-17-6-5-15(21)10-16(14)17/h5-6,10-13,18,22H,7-9H2,1-4H3,(H,23,24)/t13-,18-/m0/s1. The summed E-state index contributed by atoms with van der Waals surface area (Å²) in [5, 5.41) is 3.75. The zero-order valence-electron chi connectivity index (χ0n) is 16.2. The Labute approximate surface area is 168 Å². The maximum atomic E-state index is 12.4. The van der Waals surface area contributed by atoms with Gasteiger partial charge in [-0.1, -0.05) is 29.8 Å². The molecule has 0 aliphatic carbocycles. The number of carbonyl (C=O) groups is 2. The highest BCUT2D eigenvalue weighted by Crippen LogP contribution is 2.24. The second-order valence-corrected chi connectivity index (χ2v) is 7.90. The quantitative estimate of drug-likeness (QED) is 0.586. The number of nitrogens with one attached hydrogen (secondary N) is 2. The van der Waals surface area contributed by atoms with Crippen LogP contribution in [0, 0.1) is 5.92 Å². The number of hydrogen-bond acceptors (Lipinski definition) is 4. The number of fused-ring (bicyclic) bond motifs is 1. The van der Waals surface area contributed by atoms with Crippen molar-refractivity contribution in [3.63, 3.8) is 0 Å². The summed E-state index contributed by atoms with van der Waals surface area (Å²) < 4.78 is 11.4. The number of methoxy groups -OCH3 is 1. The summed E-state index contributed by atoms with van der Waals surface area (Å²) in [6.07, 6.45) is 2.42. The Kier molecular flexibility index (Phi) is 7.86. The van der Waals surface area contributed by atoms with E-state index < -0.39 is 18.1 Å². The van der Waals surface area contributed by atoms with Crippen LogP contribution in [0.25, 0.3) is 10.9 Å². The third kappa shape index (κ3) is 6.07. The first-order chi connectivity index (χ1) is 12.8. The predicted molar refractivity (Wildman–Crippen MR) is 109 cm³/mol. The maximum Gasteiger partial charge on any atom is 0.328 e. The van der Waals surface area contributed by atoms with Gasteiger partial charge in [-0.25, -0.2) is 4.79 Å². The number of ether oxygens (including phenoxy) is 2. The van der Waals surface area contributed by atoms with Crippen LogP contribution in [-0.4, -0.2) is 42.7 Å². The van der Waals surface area contributed by atoms with Gasteiger partial charge in [0.25, 0.3) is 0 Å². The smallest absolute Gasteiger partial charge is 0.328 e. The van der Waals surface area contributed by atoms with Gasteiger partial charge in [-0.2, -0.15) is 0 Å². The molecule has 0 radical (unpaired) electrons. The average Bonchev–Trinajstić information content (AvgIpc) is 3.01. The predicted octanol–water partition coefficient (Wildman–Crippen LogP) is 3.58. The third-order valence-corrected chi connectivity index (χ3v) is 4.88. The van der Waals surface area contributed by atoms with E-state index in [1.165, 1.54) is 7.11 Å². The molecular weight excluding hydrogens is 412 g/mol. The van der Waals surface area contributed by atoms with Gasteiger partial charge in [-0.15, -0.1) is 0 Å². The molecule has 148 valence electrons. The molecule has 6 nitrogen and oxygen atoms in total. The molecule has 2 N–H and O–H groups in total. The Morgan fingerprint density at radius 3 is 2.67 bits per heavy atom. The Hall–Kier alpha value is -1.86. The topological polar surface area (TPSA) is 80.4 Å². The van der Waals surface area contributed by atoms with Crippen molar-refractivity contribution in [2.75, 3.05) is 13.7 Å². The lowest BCUT2D eigenvalue weighted by Gasteiger charge is -2.20. The number of halogens is 1. The largest absolute Gasteiger partial charge is 0.467 e. The van der Waals surface area contributed by atoms with Gasteiger partial charge >= 0.3 is 5.97 Å². The molecule has 2 atom stereocenters. The van der Waals surface area contributed by atoms with Gasteiger partial charge in [-0.3, -0.25) is 4.79 Å². The monoisotopic (exact) mass is 438 g/mol. The van der Waals surface area contributed by atoms with Gasteiger partial charge in [0, 0.05) is 34.6 Å². The Morgan fingerprint density at radius 1 is 1.26 bits per heavy atom. The minimum absolute atomic E-state index is 0.324. The molecule has 0 unspecified atom stereocenters. The molecule has 0 saturated carbocycles. The van der Waals surface area contributed by atoms with Crippen LogP contribution in [0.2, 0.25) is 0 Å². The summed E-state index contributed by atoms with van der Waals surface area (Å²) >= 11 is 3.46. The van der Waals surface area contributed by atoms with Gasteiger partial charge in [-0.05, 0) is 43.0 Å². The van der Waals surface area contributed by atoms with Crippen LogP contribution in [0.5, 0.6) is 0 Å². The fraction of sp³-hybridized carbons (Fsp3) is 0.500. The lowest BCUT2D eigenvalue weighted by molar-refractivity contribution is -0.146. The molecule has 0 aliphatic heterocycles. The van der Waals surface area contributed by atoms with Gasteiger partial charge in [0.2, 0.25) is 5.91 Å². The van der Waals surface area contributed by atoms with E-state index in [1.54, 1.807) is 6.92 Å². The minimum Gasteiger partial charge on any atom is -0.467 e. The molecule has 2 rings (SSSR count). The molecule has 0 fully saturated rings. The highest BCUT2D eigenvalue weighted by Gasteiger charge is 2.26. The molecular formula is C20H27BrN2O4. The fourth-order valence-electron chi connectivity index (χ4n) is 2.72. The van der Waals surface area contributed by atoms with Crippen molar-refractivity contribution in [3.05, 3.63) is 34.4 Å². The van der Waals surface area contributed by atoms with Crippen molar-refractivity contribution in [1.29, 1.82) is 0 Å². The number of esters is 1. The fourth-order valence-corrected chi connectivity index (χ4v) is 3.08. The Balaban J connectivity index is 2.07. The first-order valence-electron chi connectivity index (χ1n) is 9.07. The molecule has 0 aliphatic rings. The Morgan fingerprint density at radius 2 is 2.00 bits per heavy atom. The first-order valence-corrected chi connectivity index (χ1v) is 9.86. The normalized spacial score (nSPS) is 13.6. The van der Waals surface area contributed by atoms with E-state index in [4.69, 9.17) is 9.47 Å². The maximum absolute atomic E-state index is 12.4. The zero-order chi connectivity index (χ0) is 20.0. The number of carbonyl (C=O) groups excluding carboxylic acids is 2. The summed E-state index contributed by atoms with van der Waals surface area (Å²) in [6.45, 7) is 6.39. The summed E-state index contributed by atoms with van der Waals surface area (Å²) in [5.41, 5.74) is 1.89. The third-order valence-electron chi connectivity index (χ3n) is 4.39. The van der Waals surface area contributed by atoms with Crippen LogP contribution in [-0.2, 0) is 25.5 Å². The SMILES string of the molecule is COC(=O)[C@H](Cc1c[nH]c2ccc(Br)cc12)NC(=O)[C@H](C)OCCC(C)C. The average molecular weight is 439 g/mol. The first kappa shape index (κ1) is 21.4. The molecule has 0 spiro atoms. The highest BCUT2D eigenvalue weighted by molar-refractivity contribution is 9.10. The number of hydrogen-bond donors (Lipinski definition) is 2. The summed E-state index contributed by atoms with van der Waals surface area (Å²) in [6, 6.07) is 5.10. The molecule has 1 aromatic heterocycles. The van der Waals surface area contributed by atoms with Crippen molar-refractivity contribution in [1.82, 2.24) is 10.3 Å². The number of aromatic amines is 1. The van der Waals surface area contributed by atoms with Crippen LogP contribution in [0.15, 0.2) is 28.9 Å². The summed E-state index contributed by atoms with van der Waals surface area (Å²) in [7, 11) is 1.32. The molecule has 0 saturated heterocycles. The van der Waals surface area contributed by atoms with Crippen LogP contribution in [0.4, 0.5) is 0 Å². The van der Waals surface area contributed by atoms with Gasteiger partial charge in [0.15, 0.2) is 0 Å². The second kappa shape index (κ2) is 9.90. The summed E-state index contributed by atoms with van der Waals surface area (Å²) in [4.78, 5) is 27.8. The van der Waals surface area contributed by atoms with Crippen LogP contribution < -0.4 is 5.32 Å². The van der Waals surface area contributed by atoms with E-state index >= 15 is 0 Å². The molecule has 7 heteroatoms. The molecule has 2 aromatic rings. The van der Waals surface area contributed by atoms with E-state index in [-0.39, 0.29) is 5.91 Å². The van der Waals surface area contributed by atoms with Crippen molar-refractivity contribution in [3.8, 4) is 0 Å². The van der Waals surface area contributed by atoms with E-state index in [0.29, 0.717) is 18.9 Å². The van der Waals surface area contributed by atoms with E-state index in [9.17, 15) is 9.59 Å². The number of aromatic nitrogens is 1. The van der Waals surface area contributed by atoms with Crippen LogP contribution in [0.3, 0.4) is 0 Å². The van der Waals surface area contributed by atoms with Crippen molar-refractivity contribution < 1.29 is 19.1 Å². The lowest BCUT2D eigenvalue weighted by atomic mass is 10.0. The molecule has 0 bridgehead atoms. The molecule has 1 amide bonds. The van der Waals surface area contributed by atoms with Crippen molar-refractivity contribution in [2.24, 2.45) is 5.92 Å². The van der Waals surface area contributed by atoms with Gasteiger partial charge in [0.1, 0.15) is 12.1 Å². The summed E-state index contributed by atoms with van der Waals surface area (Å²) in [5.74, 6) is -0.304. The zero-order valence-corrected chi connectivity index (χ0v) is 17.8. The van der Waals surface area contributed by atoms with Crippen LogP contribution >= 0.6 is 15.9 Å². The van der Waals surface area contributed by atoms with E-state index in [1.807, 2.05) is 24.4 Å². The molecule has 27 heavy (non-hydrogen) atoms. The number of amides is 1. The van der Waals surface area contributed by atoms with Crippen molar-refractivity contribution in [2.45, 2.75) is 45.8 Å². The van der Waals surface area contributed by atoms with Gasteiger partial charge in [0.05, 0.1) is 7.11 Å². The van der Waals surface area contributed by atoms with Crippen molar-refractivity contribution >= 4 is 38.7 Å². The second-order valence-electron chi connectivity index (χ2n) is 6.99. The number of rotatable bonds is 9. The van der Waals surface area contributed by atoms with Gasteiger partial charge < -0.3 is 19.8 Å². The Bertz CT molecular complexity index is 787. The number of H-pyrrole nitrogens is 1. The minimum atomic E-state index is -0.781. The van der Waals surface area contributed by atoms with E-state index in [0.717, 1.165) is 27.4 Å².